The van der Waals surface area contributed by atoms with E-state index in [1.807, 2.05) is 44.1 Å². The van der Waals surface area contributed by atoms with Crippen LogP contribution < -0.4 is 4.74 Å². The number of likely N-dealkylation sites (N-methyl/N-ethyl adjacent to an activating group) is 1. The average molecular weight is 361 g/mol. The van der Waals surface area contributed by atoms with E-state index < -0.39 is 0 Å². The van der Waals surface area contributed by atoms with Crippen LogP contribution in [0.15, 0.2) is 24.3 Å². The van der Waals surface area contributed by atoms with Gasteiger partial charge in [0, 0.05) is 11.9 Å². The maximum Gasteiger partial charge on any atom is 0.340 e. The number of aryl methyl sites for hydroxylation is 1. The highest BCUT2D eigenvalue weighted by Gasteiger charge is 2.13. The van der Waals surface area contributed by atoms with Gasteiger partial charge in [0.15, 0.2) is 0 Å². The summed E-state index contributed by atoms with van der Waals surface area (Å²) >= 11 is 0. The highest BCUT2D eigenvalue weighted by molar-refractivity contribution is 5.95. The molecule has 0 fully saturated rings. The van der Waals surface area contributed by atoms with Gasteiger partial charge in [0.1, 0.15) is 12.4 Å². The fourth-order valence-corrected chi connectivity index (χ4v) is 1.98. The minimum atomic E-state index is -0.341. The molecule has 0 spiro atoms. The SMILES string of the molecule is COc1ccc2nc(C)c(C(=O)OCCN(C)C)cc2c1.Cl.Cl. The first-order valence-electron chi connectivity index (χ1n) is 6.78. The molecule has 0 saturated carbocycles. The Hall–Kier alpha value is -1.56. The Morgan fingerprint density at radius 1 is 1.22 bits per heavy atom. The number of rotatable bonds is 5. The van der Waals surface area contributed by atoms with Crippen LogP contribution in [0, 0.1) is 6.92 Å². The molecule has 1 aromatic carbocycles. The molecule has 0 radical (unpaired) electrons. The van der Waals surface area contributed by atoms with E-state index in [9.17, 15) is 4.79 Å². The third-order valence-corrected chi connectivity index (χ3v) is 3.20. The zero-order valence-electron chi connectivity index (χ0n) is 13.7. The molecule has 0 aliphatic heterocycles. The largest absolute Gasteiger partial charge is 0.497 e. The van der Waals surface area contributed by atoms with Crippen LogP contribution in [0.25, 0.3) is 10.9 Å². The first-order chi connectivity index (χ1) is 10.0. The van der Waals surface area contributed by atoms with E-state index in [1.54, 1.807) is 13.2 Å². The zero-order chi connectivity index (χ0) is 15.4. The molecule has 0 aliphatic carbocycles. The molecule has 23 heavy (non-hydrogen) atoms. The van der Waals surface area contributed by atoms with Crippen molar-refractivity contribution >= 4 is 41.7 Å². The van der Waals surface area contributed by atoms with Gasteiger partial charge in [-0.1, -0.05) is 0 Å². The number of pyridine rings is 1. The fourth-order valence-electron chi connectivity index (χ4n) is 1.98. The van der Waals surface area contributed by atoms with E-state index in [0.29, 0.717) is 24.4 Å². The van der Waals surface area contributed by atoms with Crippen molar-refractivity contribution in [3.63, 3.8) is 0 Å². The number of methoxy groups -OCH3 is 1. The monoisotopic (exact) mass is 360 g/mol. The fraction of sp³-hybridized carbons (Fsp3) is 0.375. The van der Waals surface area contributed by atoms with E-state index in [2.05, 4.69) is 4.98 Å². The summed E-state index contributed by atoms with van der Waals surface area (Å²) in [7, 11) is 5.48. The minimum absolute atomic E-state index is 0. The van der Waals surface area contributed by atoms with Crippen LogP contribution in [-0.2, 0) is 4.74 Å². The summed E-state index contributed by atoms with van der Waals surface area (Å²) in [4.78, 5) is 18.5. The lowest BCUT2D eigenvalue weighted by molar-refractivity contribution is 0.0480. The molecule has 0 aliphatic rings. The molecule has 2 aromatic rings. The first kappa shape index (κ1) is 21.4. The maximum atomic E-state index is 12.1. The average Bonchev–Trinajstić information content (AvgIpc) is 2.45. The van der Waals surface area contributed by atoms with Crippen LogP contribution in [0.1, 0.15) is 16.1 Å². The van der Waals surface area contributed by atoms with E-state index >= 15 is 0 Å². The van der Waals surface area contributed by atoms with Gasteiger partial charge in [0.2, 0.25) is 0 Å². The Balaban J connectivity index is 0.00000242. The molecule has 0 unspecified atom stereocenters. The highest BCUT2D eigenvalue weighted by atomic mass is 35.5. The number of nitrogens with zero attached hydrogens (tertiary/aromatic N) is 2. The Bertz CT molecular complexity index is 663. The van der Waals surface area contributed by atoms with Gasteiger partial charge in [-0.3, -0.25) is 4.98 Å². The van der Waals surface area contributed by atoms with Gasteiger partial charge in [-0.05, 0) is 45.3 Å². The van der Waals surface area contributed by atoms with Crippen molar-refractivity contribution < 1.29 is 14.3 Å². The number of carbonyl (C=O) groups is 1. The number of hydrogen-bond acceptors (Lipinski definition) is 5. The number of hydrogen-bond donors (Lipinski definition) is 0. The topological polar surface area (TPSA) is 51.7 Å². The molecule has 2 rings (SSSR count). The van der Waals surface area contributed by atoms with Crippen LogP contribution in [0.3, 0.4) is 0 Å². The van der Waals surface area contributed by atoms with E-state index in [4.69, 9.17) is 9.47 Å². The number of benzene rings is 1. The lowest BCUT2D eigenvalue weighted by Crippen LogP contribution is -2.20. The van der Waals surface area contributed by atoms with Crippen molar-refractivity contribution in [2.24, 2.45) is 0 Å². The Morgan fingerprint density at radius 2 is 1.91 bits per heavy atom. The quantitative estimate of drug-likeness (QED) is 0.766. The van der Waals surface area contributed by atoms with Crippen LogP contribution in [0.2, 0.25) is 0 Å². The minimum Gasteiger partial charge on any atom is -0.497 e. The van der Waals surface area contributed by atoms with Crippen LogP contribution in [-0.4, -0.2) is 50.2 Å². The number of carbonyl (C=O) groups excluding carboxylic acids is 1. The van der Waals surface area contributed by atoms with E-state index in [-0.39, 0.29) is 30.8 Å². The summed E-state index contributed by atoms with van der Waals surface area (Å²) < 4.78 is 10.5. The molecule has 0 amide bonds. The summed E-state index contributed by atoms with van der Waals surface area (Å²) in [5, 5.41) is 0.861. The number of halogens is 2. The summed E-state index contributed by atoms with van der Waals surface area (Å²) in [6, 6.07) is 7.39. The van der Waals surface area contributed by atoms with Gasteiger partial charge >= 0.3 is 5.97 Å². The van der Waals surface area contributed by atoms with Crippen molar-refractivity contribution in [1.82, 2.24) is 9.88 Å². The molecule has 0 bridgehead atoms. The molecular weight excluding hydrogens is 339 g/mol. The second-order valence-corrected chi connectivity index (χ2v) is 5.12. The maximum absolute atomic E-state index is 12.1. The Kier molecular flexibility index (Phi) is 8.90. The molecule has 0 atom stereocenters. The third kappa shape index (κ3) is 5.53. The predicted molar refractivity (Wildman–Crippen MR) is 96.4 cm³/mol. The van der Waals surface area contributed by atoms with Crippen molar-refractivity contribution in [1.29, 1.82) is 0 Å². The van der Waals surface area contributed by atoms with Gasteiger partial charge in [0.25, 0.3) is 0 Å². The van der Waals surface area contributed by atoms with E-state index in [0.717, 1.165) is 16.7 Å². The number of fused-ring (bicyclic) bond motifs is 1. The van der Waals surface area contributed by atoms with Crippen molar-refractivity contribution in [3.8, 4) is 5.75 Å². The van der Waals surface area contributed by atoms with Crippen molar-refractivity contribution in [3.05, 3.63) is 35.5 Å². The molecule has 128 valence electrons. The first-order valence-corrected chi connectivity index (χ1v) is 6.78. The standard InChI is InChI=1S/C16H20N2O3.2ClH/c1-11-14(16(19)21-8-7-18(2)3)10-12-9-13(20-4)5-6-15(12)17-11;;/h5-6,9-10H,7-8H2,1-4H3;2*1H. The molecule has 0 N–H and O–H groups in total. The normalized spacial score (nSPS) is 9.96. The summed E-state index contributed by atoms with van der Waals surface area (Å²) in [5.74, 6) is 0.395. The predicted octanol–water partition coefficient (Wildman–Crippen LogP) is 3.11. The molecule has 7 heteroatoms. The molecule has 1 aromatic heterocycles. The Labute approximate surface area is 148 Å². The lowest BCUT2D eigenvalue weighted by Gasteiger charge is -2.11. The molecule has 1 heterocycles. The number of esters is 1. The number of aromatic nitrogens is 1. The lowest BCUT2D eigenvalue weighted by atomic mass is 10.1. The molecule has 5 nitrogen and oxygen atoms in total. The zero-order valence-corrected chi connectivity index (χ0v) is 15.3. The number of ether oxygens (including phenoxy) is 2. The van der Waals surface area contributed by atoms with Crippen molar-refractivity contribution in [2.75, 3.05) is 34.4 Å². The highest BCUT2D eigenvalue weighted by Crippen LogP contribution is 2.22. The third-order valence-electron chi connectivity index (χ3n) is 3.20. The Morgan fingerprint density at radius 3 is 2.52 bits per heavy atom. The smallest absolute Gasteiger partial charge is 0.340 e. The summed E-state index contributed by atoms with van der Waals surface area (Å²) in [6.45, 7) is 2.87. The van der Waals surface area contributed by atoms with Gasteiger partial charge in [-0.2, -0.15) is 0 Å². The van der Waals surface area contributed by atoms with Gasteiger partial charge in [-0.25, -0.2) is 4.79 Å². The van der Waals surface area contributed by atoms with Crippen molar-refractivity contribution in [2.45, 2.75) is 6.92 Å². The van der Waals surface area contributed by atoms with Crippen LogP contribution >= 0.6 is 24.8 Å². The van der Waals surface area contributed by atoms with Gasteiger partial charge in [-0.15, -0.1) is 24.8 Å². The molecular formula is C16H22Cl2N2O3. The molecule has 0 saturated heterocycles. The summed E-state index contributed by atoms with van der Waals surface area (Å²) in [5.41, 5.74) is 2.00. The van der Waals surface area contributed by atoms with Gasteiger partial charge < -0.3 is 14.4 Å². The summed E-state index contributed by atoms with van der Waals surface area (Å²) in [6.07, 6.45) is 0. The van der Waals surface area contributed by atoms with Crippen LogP contribution in [0.5, 0.6) is 5.75 Å². The second kappa shape index (κ2) is 9.55. The van der Waals surface area contributed by atoms with E-state index in [1.165, 1.54) is 0 Å². The van der Waals surface area contributed by atoms with Crippen LogP contribution in [0.4, 0.5) is 0 Å². The second-order valence-electron chi connectivity index (χ2n) is 5.12. The van der Waals surface area contributed by atoms with Gasteiger partial charge in [0.05, 0.1) is 23.9 Å².